The average molecular weight is 351 g/mol. The number of ketones is 1. The Labute approximate surface area is 154 Å². The van der Waals surface area contributed by atoms with Crippen molar-refractivity contribution >= 4 is 11.7 Å². The SMILES string of the molecule is O=C(CCc1ccccc1)[C@@H]1CCCN(C(=O)c2ccc(CO)cc2)C1. The fourth-order valence-corrected chi connectivity index (χ4v) is 3.48. The smallest absolute Gasteiger partial charge is 0.253 e. The first-order valence-electron chi connectivity index (χ1n) is 9.23. The summed E-state index contributed by atoms with van der Waals surface area (Å²) in [6.45, 7) is 1.17. The monoisotopic (exact) mass is 351 g/mol. The van der Waals surface area contributed by atoms with Crippen LogP contribution in [0.4, 0.5) is 0 Å². The third kappa shape index (κ3) is 4.58. The molecule has 1 atom stereocenters. The summed E-state index contributed by atoms with van der Waals surface area (Å²) in [6.07, 6.45) is 3.01. The second-order valence-corrected chi connectivity index (χ2v) is 6.90. The predicted octanol–water partition coefficient (Wildman–Crippen LogP) is 3.23. The van der Waals surface area contributed by atoms with Gasteiger partial charge in [-0.15, -0.1) is 0 Å². The minimum Gasteiger partial charge on any atom is -0.392 e. The number of aryl methyl sites for hydroxylation is 1. The number of rotatable bonds is 6. The van der Waals surface area contributed by atoms with E-state index in [0.717, 1.165) is 24.8 Å². The van der Waals surface area contributed by atoms with Crippen LogP contribution in [0, 0.1) is 5.92 Å². The van der Waals surface area contributed by atoms with Crippen LogP contribution < -0.4 is 0 Å². The molecule has 26 heavy (non-hydrogen) atoms. The number of benzene rings is 2. The highest BCUT2D eigenvalue weighted by Gasteiger charge is 2.28. The standard InChI is InChI=1S/C22H25NO3/c24-16-18-8-11-19(12-9-18)22(26)23-14-4-7-20(15-23)21(25)13-10-17-5-2-1-3-6-17/h1-3,5-6,8-9,11-12,20,24H,4,7,10,13-16H2/t20-/m1/s1. The van der Waals surface area contributed by atoms with E-state index >= 15 is 0 Å². The first kappa shape index (κ1) is 18.3. The van der Waals surface area contributed by atoms with Gasteiger partial charge in [0.25, 0.3) is 5.91 Å². The van der Waals surface area contributed by atoms with E-state index in [1.807, 2.05) is 30.3 Å². The van der Waals surface area contributed by atoms with Gasteiger partial charge in [0.15, 0.2) is 0 Å². The van der Waals surface area contributed by atoms with Gasteiger partial charge in [0.1, 0.15) is 5.78 Å². The molecule has 1 N–H and O–H groups in total. The zero-order valence-electron chi connectivity index (χ0n) is 14.9. The molecule has 2 aromatic rings. The molecular formula is C22H25NO3. The molecule has 1 heterocycles. The summed E-state index contributed by atoms with van der Waals surface area (Å²) in [7, 11) is 0. The Morgan fingerprint density at radius 1 is 1.00 bits per heavy atom. The van der Waals surface area contributed by atoms with Gasteiger partial charge in [-0.05, 0) is 42.5 Å². The van der Waals surface area contributed by atoms with Crippen LogP contribution in [0.5, 0.6) is 0 Å². The summed E-state index contributed by atoms with van der Waals surface area (Å²) in [4.78, 5) is 27.1. The van der Waals surface area contributed by atoms with Crippen molar-refractivity contribution in [2.75, 3.05) is 13.1 Å². The zero-order valence-corrected chi connectivity index (χ0v) is 14.9. The van der Waals surface area contributed by atoms with E-state index < -0.39 is 0 Å². The number of Topliss-reactive ketones (excluding diaryl/α,β-unsaturated/α-hetero) is 1. The summed E-state index contributed by atoms with van der Waals surface area (Å²) in [5.41, 5.74) is 2.57. The van der Waals surface area contributed by atoms with E-state index in [4.69, 9.17) is 5.11 Å². The molecule has 2 aromatic carbocycles. The lowest BCUT2D eigenvalue weighted by atomic mass is 9.90. The molecule has 0 aliphatic carbocycles. The molecule has 0 radical (unpaired) electrons. The van der Waals surface area contributed by atoms with Gasteiger partial charge in [0.05, 0.1) is 6.61 Å². The number of likely N-dealkylation sites (tertiary alicyclic amines) is 1. The van der Waals surface area contributed by atoms with Crippen molar-refractivity contribution in [1.29, 1.82) is 0 Å². The fourth-order valence-electron chi connectivity index (χ4n) is 3.48. The van der Waals surface area contributed by atoms with Gasteiger partial charge >= 0.3 is 0 Å². The van der Waals surface area contributed by atoms with Gasteiger partial charge < -0.3 is 10.0 Å². The van der Waals surface area contributed by atoms with Crippen molar-refractivity contribution in [1.82, 2.24) is 4.90 Å². The number of aliphatic hydroxyl groups is 1. The zero-order chi connectivity index (χ0) is 18.4. The van der Waals surface area contributed by atoms with Crippen LogP contribution >= 0.6 is 0 Å². The number of nitrogens with zero attached hydrogens (tertiary/aromatic N) is 1. The third-order valence-corrected chi connectivity index (χ3v) is 5.05. The first-order chi connectivity index (χ1) is 12.7. The summed E-state index contributed by atoms with van der Waals surface area (Å²) in [5, 5.41) is 9.11. The lowest BCUT2D eigenvalue weighted by molar-refractivity contribution is -0.124. The maximum Gasteiger partial charge on any atom is 0.253 e. The van der Waals surface area contributed by atoms with Crippen LogP contribution in [0.25, 0.3) is 0 Å². The van der Waals surface area contributed by atoms with Gasteiger partial charge in [-0.1, -0.05) is 42.5 Å². The highest BCUT2D eigenvalue weighted by Crippen LogP contribution is 2.21. The molecular weight excluding hydrogens is 326 g/mol. The van der Waals surface area contributed by atoms with Crippen LogP contribution in [-0.4, -0.2) is 34.8 Å². The van der Waals surface area contributed by atoms with Crippen LogP contribution in [0.2, 0.25) is 0 Å². The second-order valence-electron chi connectivity index (χ2n) is 6.90. The predicted molar refractivity (Wildman–Crippen MR) is 101 cm³/mol. The molecule has 1 aliphatic heterocycles. The van der Waals surface area contributed by atoms with Gasteiger partial charge in [-0.3, -0.25) is 9.59 Å². The summed E-state index contributed by atoms with van der Waals surface area (Å²) in [6, 6.07) is 17.1. The van der Waals surface area contributed by atoms with E-state index in [2.05, 4.69) is 0 Å². The number of aliphatic hydroxyl groups excluding tert-OH is 1. The van der Waals surface area contributed by atoms with Crippen molar-refractivity contribution in [3.63, 3.8) is 0 Å². The number of hydrogen-bond donors (Lipinski definition) is 1. The van der Waals surface area contributed by atoms with Gasteiger partial charge in [-0.2, -0.15) is 0 Å². The second kappa shape index (κ2) is 8.77. The fraction of sp³-hybridized carbons (Fsp3) is 0.364. The Kier molecular flexibility index (Phi) is 6.18. The molecule has 3 rings (SSSR count). The van der Waals surface area contributed by atoms with Gasteiger partial charge in [0, 0.05) is 31.0 Å². The number of hydrogen-bond acceptors (Lipinski definition) is 3. The Hall–Kier alpha value is -2.46. The molecule has 1 saturated heterocycles. The number of carbonyl (C=O) groups is 2. The molecule has 1 amide bonds. The van der Waals surface area contributed by atoms with Gasteiger partial charge in [0.2, 0.25) is 0 Å². The summed E-state index contributed by atoms with van der Waals surface area (Å²) >= 11 is 0. The Balaban J connectivity index is 1.57. The van der Waals surface area contributed by atoms with Crippen LogP contribution in [0.1, 0.15) is 40.7 Å². The topological polar surface area (TPSA) is 57.6 Å². The maximum absolute atomic E-state index is 12.7. The van der Waals surface area contributed by atoms with Crippen molar-refractivity contribution in [3.05, 3.63) is 71.3 Å². The minimum absolute atomic E-state index is 0.0316. The molecule has 136 valence electrons. The van der Waals surface area contributed by atoms with E-state index in [1.54, 1.807) is 29.2 Å². The van der Waals surface area contributed by atoms with Crippen LogP contribution in [0.15, 0.2) is 54.6 Å². The summed E-state index contributed by atoms with van der Waals surface area (Å²) in [5.74, 6) is 0.158. The summed E-state index contributed by atoms with van der Waals surface area (Å²) < 4.78 is 0. The van der Waals surface area contributed by atoms with Crippen molar-refractivity contribution in [2.24, 2.45) is 5.92 Å². The lowest BCUT2D eigenvalue weighted by Crippen LogP contribution is -2.42. The normalized spacial score (nSPS) is 17.1. The van der Waals surface area contributed by atoms with Crippen molar-refractivity contribution in [2.45, 2.75) is 32.3 Å². The van der Waals surface area contributed by atoms with Gasteiger partial charge in [-0.25, -0.2) is 0 Å². The van der Waals surface area contributed by atoms with Crippen molar-refractivity contribution in [3.8, 4) is 0 Å². The van der Waals surface area contributed by atoms with E-state index in [1.165, 1.54) is 5.56 Å². The number of piperidine rings is 1. The quantitative estimate of drug-likeness (QED) is 0.869. The largest absolute Gasteiger partial charge is 0.392 e. The molecule has 0 aromatic heterocycles. The molecule has 0 bridgehead atoms. The first-order valence-corrected chi connectivity index (χ1v) is 9.23. The number of amides is 1. The lowest BCUT2D eigenvalue weighted by Gasteiger charge is -2.32. The van der Waals surface area contributed by atoms with E-state index in [-0.39, 0.29) is 24.2 Å². The minimum atomic E-state index is -0.0619. The Morgan fingerprint density at radius 2 is 1.73 bits per heavy atom. The van der Waals surface area contributed by atoms with E-state index in [0.29, 0.717) is 25.1 Å². The molecule has 1 aliphatic rings. The maximum atomic E-state index is 12.7. The molecule has 0 saturated carbocycles. The average Bonchev–Trinajstić information content (AvgIpc) is 2.72. The van der Waals surface area contributed by atoms with E-state index in [9.17, 15) is 9.59 Å². The van der Waals surface area contributed by atoms with Crippen LogP contribution in [0.3, 0.4) is 0 Å². The molecule has 4 heteroatoms. The Bertz CT molecular complexity index is 740. The molecule has 4 nitrogen and oxygen atoms in total. The Morgan fingerprint density at radius 3 is 2.42 bits per heavy atom. The third-order valence-electron chi connectivity index (χ3n) is 5.05. The highest BCUT2D eigenvalue weighted by molar-refractivity contribution is 5.94. The molecule has 0 unspecified atom stereocenters. The molecule has 1 fully saturated rings. The number of carbonyl (C=O) groups excluding carboxylic acids is 2. The molecule has 0 spiro atoms. The van der Waals surface area contributed by atoms with Crippen LogP contribution in [-0.2, 0) is 17.8 Å². The van der Waals surface area contributed by atoms with Crippen molar-refractivity contribution < 1.29 is 14.7 Å². The highest BCUT2D eigenvalue weighted by atomic mass is 16.3.